The van der Waals surface area contributed by atoms with Crippen LogP contribution in [0.4, 0.5) is 5.69 Å². The van der Waals surface area contributed by atoms with Gasteiger partial charge in [0, 0.05) is 12.1 Å². The number of hydrogen-bond acceptors (Lipinski definition) is 5. The average Bonchev–Trinajstić information content (AvgIpc) is 3.04. The zero-order valence-corrected chi connectivity index (χ0v) is 20.7. The van der Waals surface area contributed by atoms with Crippen molar-refractivity contribution in [3.8, 4) is 11.5 Å². The summed E-state index contributed by atoms with van der Waals surface area (Å²) in [6.45, 7) is 3.52. The second-order valence-electron chi connectivity index (χ2n) is 8.63. The molecule has 8 heteroatoms. The van der Waals surface area contributed by atoms with E-state index in [0.717, 1.165) is 36.8 Å². The molecule has 0 heterocycles. The van der Waals surface area contributed by atoms with Gasteiger partial charge in [-0.05, 0) is 62.1 Å². The van der Waals surface area contributed by atoms with E-state index in [9.17, 15) is 13.2 Å². The van der Waals surface area contributed by atoms with Gasteiger partial charge in [0.25, 0.3) is 10.0 Å². The van der Waals surface area contributed by atoms with Crippen molar-refractivity contribution in [1.82, 2.24) is 5.32 Å². The van der Waals surface area contributed by atoms with E-state index in [1.807, 2.05) is 19.9 Å². The first-order chi connectivity index (χ1) is 15.7. The summed E-state index contributed by atoms with van der Waals surface area (Å²) in [5.74, 6) is 0.437. The van der Waals surface area contributed by atoms with E-state index in [4.69, 9.17) is 9.47 Å². The van der Waals surface area contributed by atoms with Crippen LogP contribution in [0.3, 0.4) is 0 Å². The summed E-state index contributed by atoms with van der Waals surface area (Å²) in [5, 5.41) is 3.06. The number of carbonyl (C=O) groups excluding carboxylic acids is 1. The van der Waals surface area contributed by atoms with Gasteiger partial charge in [-0.3, -0.25) is 9.10 Å². The Morgan fingerprint density at radius 3 is 2.12 bits per heavy atom. The highest BCUT2D eigenvalue weighted by Crippen LogP contribution is 2.32. The molecule has 0 bridgehead atoms. The SMILES string of the molecule is COc1ccc(S(=O)(=O)N(CC(=O)NC2CCCCCC2)c2cc(C)cc(C)c2)cc1OC. The Morgan fingerprint density at radius 1 is 0.939 bits per heavy atom. The van der Waals surface area contributed by atoms with Crippen LogP contribution >= 0.6 is 0 Å². The van der Waals surface area contributed by atoms with Crippen molar-refractivity contribution in [3.63, 3.8) is 0 Å². The molecule has 3 rings (SSSR count). The third-order valence-corrected chi connectivity index (χ3v) is 7.71. The number of hydrogen-bond donors (Lipinski definition) is 1. The van der Waals surface area contributed by atoms with Gasteiger partial charge in [-0.25, -0.2) is 8.42 Å². The van der Waals surface area contributed by atoms with Crippen LogP contribution in [0.1, 0.15) is 49.7 Å². The van der Waals surface area contributed by atoms with Crippen LogP contribution < -0.4 is 19.1 Å². The predicted molar refractivity (Wildman–Crippen MR) is 130 cm³/mol. The molecule has 33 heavy (non-hydrogen) atoms. The first-order valence-electron chi connectivity index (χ1n) is 11.4. The van der Waals surface area contributed by atoms with Crippen LogP contribution in [0.5, 0.6) is 11.5 Å². The van der Waals surface area contributed by atoms with Crippen LogP contribution in [0.15, 0.2) is 41.3 Å². The maximum atomic E-state index is 13.8. The van der Waals surface area contributed by atoms with Crippen LogP contribution in [0.25, 0.3) is 0 Å². The van der Waals surface area contributed by atoms with E-state index in [0.29, 0.717) is 17.2 Å². The molecule has 1 N–H and O–H groups in total. The zero-order valence-electron chi connectivity index (χ0n) is 19.9. The van der Waals surface area contributed by atoms with Crippen LogP contribution in [-0.4, -0.2) is 41.1 Å². The molecule has 0 atom stereocenters. The highest BCUT2D eigenvalue weighted by molar-refractivity contribution is 7.92. The van der Waals surface area contributed by atoms with Crippen molar-refractivity contribution >= 4 is 21.6 Å². The number of nitrogens with zero attached hydrogens (tertiary/aromatic N) is 1. The van der Waals surface area contributed by atoms with Crippen molar-refractivity contribution in [2.24, 2.45) is 0 Å². The molecule has 1 saturated carbocycles. The predicted octanol–water partition coefficient (Wildman–Crippen LogP) is 4.35. The fourth-order valence-corrected chi connectivity index (χ4v) is 5.76. The van der Waals surface area contributed by atoms with Gasteiger partial charge < -0.3 is 14.8 Å². The average molecular weight is 475 g/mol. The number of carbonyl (C=O) groups is 1. The molecule has 1 aliphatic rings. The van der Waals surface area contributed by atoms with Gasteiger partial charge in [0.2, 0.25) is 5.91 Å². The Hall–Kier alpha value is -2.74. The van der Waals surface area contributed by atoms with Crippen LogP contribution in [0.2, 0.25) is 0 Å². The molecular weight excluding hydrogens is 440 g/mol. The van der Waals surface area contributed by atoms with E-state index >= 15 is 0 Å². The first-order valence-corrected chi connectivity index (χ1v) is 12.8. The summed E-state index contributed by atoms with van der Waals surface area (Å²) in [6, 6.07) is 10.1. The number of aryl methyl sites for hydroxylation is 2. The largest absolute Gasteiger partial charge is 0.493 e. The van der Waals surface area contributed by atoms with Gasteiger partial charge in [0.05, 0.1) is 24.8 Å². The Balaban J connectivity index is 1.96. The minimum absolute atomic E-state index is 0.0292. The van der Waals surface area contributed by atoms with Gasteiger partial charge in [0.1, 0.15) is 6.54 Å². The Bertz CT molecular complexity index is 1060. The highest BCUT2D eigenvalue weighted by atomic mass is 32.2. The van der Waals surface area contributed by atoms with Crippen molar-refractivity contribution in [2.75, 3.05) is 25.1 Å². The molecular formula is C25H34N2O5S. The fourth-order valence-electron chi connectivity index (χ4n) is 4.34. The lowest BCUT2D eigenvalue weighted by Gasteiger charge is -2.26. The van der Waals surface area contributed by atoms with Crippen LogP contribution in [0, 0.1) is 13.8 Å². The molecule has 180 valence electrons. The van der Waals surface area contributed by atoms with Gasteiger partial charge in [0.15, 0.2) is 11.5 Å². The fraction of sp³-hybridized carbons (Fsp3) is 0.480. The molecule has 1 fully saturated rings. The molecule has 0 spiro atoms. The summed E-state index contributed by atoms with van der Waals surface area (Å²) in [7, 11) is -1.11. The summed E-state index contributed by atoms with van der Waals surface area (Å²) >= 11 is 0. The number of sulfonamides is 1. The van der Waals surface area contributed by atoms with Gasteiger partial charge in [-0.1, -0.05) is 31.7 Å². The molecule has 2 aromatic carbocycles. The van der Waals surface area contributed by atoms with Crippen LogP contribution in [-0.2, 0) is 14.8 Å². The number of ether oxygens (including phenoxy) is 2. The third kappa shape index (κ3) is 6.19. The van der Waals surface area contributed by atoms with Gasteiger partial charge >= 0.3 is 0 Å². The Morgan fingerprint density at radius 2 is 1.55 bits per heavy atom. The van der Waals surface area contributed by atoms with E-state index in [1.165, 1.54) is 43.5 Å². The molecule has 0 radical (unpaired) electrons. The minimum atomic E-state index is -4.05. The highest BCUT2D eigenvalue weighted by Gasteiger charge is 2.29. The van der Waals surface area contributed by atoms with Gasteiger partial charge in [-0.2, -0.15) is 0 Å². The third-order valence-electron chi connectivity index (χ3n) is 5.94. The number of methoxy groups -OCH3 is 2. The first kappa shape index (κ1) is 24.9. The summed E-state index contributed by atoms with van der Waals surface area (Å²) in [5.41, 5.74) is 2.29. The number of nitrogens with one attached hydrogen (secondary N) is 1. The molecule has 0 unspecified atom stereocenters. The normalized spacial score (nSPS) is 14.9. The minimum Gasteiger partial charge on any atom is -0.493 e. The van der Waals surface area contributed by atoms with E-state index in [-0.39, 0.29) is 23.4 Å². The molecule has 0 aliphatic heterocycles. The maximum Gasteiger partial charge on any atom is 0.264 e. The summed E-state index contributed by atoms with van der Waals surface area (Å²) in [6.07, 6.45) is 6.37. The molecule has 2 aromatic rings. The second-order valence-corrected chi connectivity index (χ2v) is 10.5. The molecule has 0 aromatic heterocycles. The van der Waals surface area contributed by atoms with E-state index in [2.05, 4.69) is 5.32 Å². The van der Waals surface area contributed by atoms with Gasteiger partial charge in [-0.15, -0.1) is 0 Å². The quantitative estimate of drug-likeness (QED) is 0.575. The van der Waals surface area contributed by atoms with Crippen molar-refractivity contribution in [2.45, 2.75) is 63.3 Å². The van der Waals surface area contributed by atoms with Crippen molar-refractivity contribution in [3.05, 3.63) is 47.5 Å². The lowest BCUT2D eigenvalue weighted by molar-refractivity contribution is -0.120. The molecule has 0 saturated heterocycles. The standard InChI is InChI=1S/C25H34N2O5S/c1-18-13-19(2)15-21(14-18)27(17-25(28)26-20-9-7-5-6-8-10-20)33(29,30)22-11-12-23(31-3)24(16-22)32-4/h11-16,20H,5-10,17H2,1-4H3,(H,26,28). The number of anilines is 1. The number of benzene rings is 2. The summed E-state index contributed by atoms with van der Waals surface area (Å²) in [4.78, 5) is 13.0. The van der Waals surface area contributed by atoms with Crippen molar-refractivity contribution in [1.29, 1.82) is 0 Å². The zero-order chi connectivity index (χ0) is 24.0. The van der Waals surface area contributed by atoms with Crippen molar-refractivity contribution < 1.29 is 22.7 Å². The lowest BCUT2D eigenvalue weighted by atomic mass is 10.1. The Kier molecular flexibility index (Phi) is 8.24. The number of rotatable bonds is 8. The lowest BCUT2D eigenvalue weighted by Crippen LogP contribution is -2.44. The summed E-state index contributed by atoms with van der Waals surface area (Å²) < 4.78 is 39.2. The smallest absolute Gasteiger partial charge is 0.264 e. The molecule has 7 nitrogen and oxygen atoms in total. The molecule has 1 aliphatic carbocycles. The topological polar surface area (TPSA) is 84.9 Å². The monoisotopic (exact) mass is 474 g/mol. The number of amides is 1. The second kappa shape index (κ2) is 10.9. The maximum absolute atomic E-state index is 13.8. The molecule has 1 amide bonds. The van der Waals surface area contributed by atoms with E-state index < -0.39 is 10.0 Å². The van der Waals surface area contributed by atoms with E-state index in [1.54, 1.807) is 18.2 Å². The Labute approximate surface area is 197 Å².